The quantitative estimate of drug-likeness (QED) is 0.173. The molecule has 12 heteroatoms. The first-order chi connectivity index (χ1) is 12.9. The van der Waals surface area contributed by atoms with Crippen LogP contribution in [0.5, 0.6) is 0 Å². The lowest BCUT2D eigenvalue weighted by Gasteiger charge is -2.23. The first-order valence-electron chi connectivity index (χ1n) is 8.67. The van der Waals surface area contributed by atoms with Crippen LogP contribution in [0.25, 0.3) is 0 Å². The first-order valence-corrected chi connectivity index (χ1v) is 9.30. The van der Waals surface area contributed by atoms with Gasteiger partial charge in [-0.05, 0) is 19.3 Å². The Morgan fingerprint density at radius 1 is 0.929 bits per heavy atom. The van der Waals surface area contributed by atoms with Crippen molar-refractivity contribution in [3.63, 3.8) is 0 Å². The summed E-state index contributed by atoms with van der Waals surface area (Å²) in [6, 6.07) is -4.59. The van der Waals surface area contributed by atoms with Gasteiger partial charge in [0.05, 0.1) is 12.5 Å². The average molecular weight is 420 g/mol. The van der Waals surface area contributed by atoms with Gasteiger partial charge in [0.1, 0.15) is 18.1 Å². The van der Waals surface area contributed by atoms with Gasteiger partial charge in [0.2, 0.25) is 23.6 Å². The fourth-order valence-electron chi connectivity index (χ4n) is 2.15. The molecule has 0 saturated heterocycles. The molecule has 0 fully saturated rings. The lowest BCUT2D eigenvalue weighted by Crippen LogP contribution is -2.58. The van der Waals surface area contributed by atoms with Crippen LogP contribution in [-0.2, 0) is 24.0 Å². The number of nitrogens with one attached hydrogen (secondary N) is 3. The molecular weight excluding hydrogens is 390 g/mol. The fourth-order valence-corrected chi connectivity index (χ4v) is 2.40. The van der Waals surface area contributed by atoms with E-state index in [2.05, 4.69) is 28.6 Å². The molecule has 8 N–H and O–H groups in total. The van der Waals surface area contributed by atoms with E-state index in [0.29, 0.717) is 6.42 Å². The number of thiol groups is 1. The van der Waals surface area contributed by atoms with Crippen molar-refractivity contribution in [3.05, 3.63) is 0 Å². The Balaban J connectivity index is 5.12. The van der Waals surface area contributed by atoms with E-state index in [1.807, 2.05) is 13.8 Å². The Morgan fingerprint density at radius 2 is 1.43 bits per heavy atom. The van der Waals surface area contributed by atoms with Gasteiger partial charge in [0.25, 0.3) is 0 Å². The summed E-state index contributed by atoms with van der Waals surface area (Å²) < 4.78 is 0. The van der Waals surface area contributed by atoms with Crippen LogP contribution < -0.4 is 27.4 Å². The van der Waals surface area contributed by atoms with Crippen LogP contribution in [0.1, 0.15) is 33.6 Å². The SMILES string of the molecule is CC(C)CC(N)C(=O)NC(CC(N)=O)C(=O)NC(CS)C(=O)NC(C)C(=O)O. The first kappa shape index (κ1) is 25.7. The highest BCUT2D eigenvalue weighted by Gasteiger charge is 2.29. The van der Waals surface area contributed by atoms with E-state index in [9.17, 15) is 24.0 Å². The van der Waals surface area contributed by atoms with Crippen molar-refractivity contribution < 1.29 is 29.1 Å². The van der Waals surface area contributed by atoms with E-state index in [4.69, 9.17) is 16.6 Å². The molecule has 11 nitrogen and oxygen atoms in total. The molecule has 4 unspecified atom stereocenters. The lowest BCUT2D eigenvalue weighted by molar-refractivity contribution is -0.141. The number of primary amides is 1. The largest absolute Gasteiger partial charge is 0.480 e. The van der Waals surface area contributed by atoms with Gasteiger partial charge in [-0.2, -0.15) is 12.6 Å². The van der Waals surface area contributed by atoms with Gasteiger partial charge in [0, 0.05) is 5.75 Å². The molecule has 4 atom stereocenters. The second-order valence-electron chi connectivity index (χ2n) is 6.78. The van der Waals surface area contributed by atoms with Crippen molar-refractivity contribution in [2.24, 2.45) is 17.4 Å². The molecule has 0 radical (unpaired) electrons. The number of carbonyl (C=O) groups is 5. The molecule has 0 aromatic carbocycles. The number of rotatable bonds is 12. The molecule has 0 saturated carbocycles. The van der Waals surface area contributed by atoms with Gasteiger partial charge < -0.3 is 32.5 Å². The predicted molar refractivity (Wildman–Crippen MR) is 104 cm³/mol. The fraction of sp³-hybridized carbons (Fsp3) is 0.688. The molecule has 160 valence electrons. The number of hydrogen-bond acceptors (Lipinski definition) is 7. The van der Waals surface area contributed by atoms with Crippen molar-refractivity contribution in [3.8, 4) is 0 Å². The summed E-state index contributed by atoms with van der Waals surface area (Å²) in [4.78, 5) is 58.8. The van der Waals surface area contributed by atoms with E-state index < -0.39 is 60.2 Å². The smallest absolute Gasteiger partial charge is 0.325 e. The molecule has 0 aromatic rings. The maximum absolute atomic E-state index is 12.4. The van der Waals surface area contributed by atoms with E-state index >= 15 is 0 Å². The van der Waals surface area contributed by atoms with Crippen molar-refractivity contribution in [2.75, 3.05) is 5.75 Å². The van der Waals surface area contributed by atoms with Crippen LogP contribution in [-0.4, -0.2) is 64.6 Å². The highest BCUT2D eigenvalue weighted by atomic mass is 32.1. The van der Waals surface area contributed by atoms with Gasteiger partial charge in [-0.25, -0.2) is 0 Å². The second-order valence-corrected chi connectivity index (χ2v) is 7.15. The Morgan fingerprint density at radius 3 is 1.86 bits per heavy atom. The lowest BCUT2D eigenvalue weighted by atomic mass is 10.0. The maximum atomic E-state index is 12.4. The van der Waals surface area contributed by atoms with Crippen molar-refractivity contribution in [1.29, 1.82) is 0 Å². The standard InChI is InChI=1S/C16H29N5O6S/c1-7(2)4-9(17)13(23)20-10(5-12(18)22)14(24)21-11(6-28)15(25)19-8(3)16(26)27/h7-11,28H,4-6,17H2,1-3H3,(H2,18,22)(H,19,25)(H,20,23)(H,21,24)(H,26,27). The summed E-state index contributed by atoms with van der Waals surface area (Å²) in [5.41, 5.74) is 10.9. The number of hydrogen-bond donors (Lipinski definition) is 7. The molecule has 0 spiro atoms. The highest BCUT2D eigenvalue weighted by molar-refractivity contribution is 7.80. The summed E-state index contributed by atoms with van der Waals surface area (Å²) in [7, 11) is 0. The summed E-state index contributed by atoms with van der Waals surface area (Å²) in [6.45, 7) is 4.99. The Labute approximate surface area is 168 Å². The van der Waals surface area contributed by atoms with Crippen molar-refractivity contribution in [2.45, 2.75) is 57.8 Å². The normalized spacial score (nSPS) is 15.1. The molecule has 0 aliphatic rings. The topological polar surface area (TPSA) is 194 Å². The van der Waals surface area contributed by atoms with Crippen molar-refractivity contribution in [1.82, 2.24) is 16.0 Å². The third-order valence-electron chi connectivity index (χ3n) is 3.65. The molecule has 4 amide bonds. The van der Waals surface area contributed by atoms with Gasteiger partial charge in [-0.1, -0.05) is 13.8 Å². The van der Waals surface area contributed by atoms with Gasteiger partial charge in [-0.3, -0.25) is 24.0 Å². The number of aliphatic carboxylic acids is 1. The molecule has 0 rings (SSSR count). The van der Waals surface area contributed by atoms with Gasteiger partial charge in [-0.15, -0.1) is 0 Å². The van der Waals surface area contributed by atoms with Crippen LogP contribution in [0.15, 0.2) is 0 Å². The number of amides is 4. The highest BCUT2D eigenvalue weighted by Crippen LogP contribution is 2.04. The molecule has 0 aliphatic heterocycles. The molecule has 0 aliphatic carbocycles. The van der Waals surface area contributed by atoms with E-state index in [0.717, 1.165) is 0 Å². The third-order valence-corrected chi connectivity index (χ3v) is 4.01. The number of nitrogens with two attached hydrogens (primary N) is 2. The van der Waals surface area contributed by atoms with Crippen LogP contribution >= 0.6 is 12.6 Å². The second kappa shape index (κ2) is 12.2. The van der Waals surface area contributed by atoms with Crippen LogP contribution in [0.4, 0.5) is 0 Å². The Bertz CT molecular complexity index is 600. The Kier molecular flexibility index (Phi) is 11.2. The minimum absolute atomic E-state index is 0.137. The zero-order chi connectivity index (χ0) is 22.0. The van der Waals surface area contributed by atoms with E-state index in [-0.39, 0.29) is 11.7 Å². The van der Waals surface area contributed by atoms with Crippen LogP contribution in [0.2, 0.25) is 0 Å². The summed E-state index contributed by atoms with van der Waals surface area (Å²) in [6.07, 6.45) is -0.135. The zero-order valence-electron chi connectivity index (χ0n) is 16.1. The predicted octanol–water partition coefficient (Wildman–Crippen LogP) is -2.28. The molecule has 0 bridgehead atoms. The summed E-state index contributed by atoms with van der Waals surface area (Å²) in [5.74, 6) is -4.37. The summed E-state index contributed by atoms with van der Waals surface area (Å²) >= 11 is 3.96. The minimum atomic E-state index is -1.34. The minimum Gasteiger partial charge on any atom is -0.480 e. The number of carboxylic acids is 1. The zero-order valence-corrected chi connectivity index (χ0v) is 17.0. The average Bonchev–Trinajstić information content (AvgIpc) is 2.57. The summed E-state index contributed by atoms with van der Waals surface area (Å²) in [5, 5.41) is 15.7. The molecule has 28 heavy (non-hydrogen) atoms. The maximum Gasteiger partial charge on any atom is 0.325 e. The molecular formula is C16H29N5O6S. The molecule has 0 aromatic heterocycles. The molecule has 0 heterocycles. The van der Waals surface area contributed by atoms with Gasteiger partial charge >= 0.3 is 5.97 Å². The van der Waals surface area contributed by atoms with Crippen LogP contribution in [0, 0.1) is 5.92 Å². The number of carbonyl (C=O) groups excluding carboxylic acids is 4. The van der Waals surface area contributed by atoms with Crippen LogP contribution in [0.3, 0.4) is 0 Å². The Hall–Kier alpha value is -2.34. The van der Waals surface area contributed by atoms with Gasteiger partial charge in [0.15, 0.2) is 0 Å². The van der Waals surface area contributed by atoms with E-state index in [1.54, 1.807) is 0 Å². The number of carboxylic acid groups (broad SMARTS) is 1. The van der Waals surface area contributed by atoms with Crippen molar-refractivity contribution >= 4 is 42.2 Å². The monoisotopic (exact) mass is 419 g/mol. The van der Waals surface area contributed by atoms with E-state index in [1.165, 1.54) is 6.92 Å². The third kappa shape index (κ3) is 9.55.